The van der Waals surface area contributed by atoms with Gasteiger partial charge in [-0.2, -0.15) is 4.98 Å². The molecule has 6 heteroatoms. The van der Waals surface area contributed by atoms with Crippen LogP contribution in [-0.4, -0.2) is 9.97 Å². The highest BCUT2D eigenvalue weighted by atomic mass is 79.9. The molecule has 0 fully saturated rings. The minimum Gasteiger partial charge on any atom is -0.383 e. The molecule has 2 rings (SSSR count). The molecule has 1 aromatic carbocycles. The number of hydrogen-bond acceptors (Lipinski definition) is 4. The van der Waals surface area contributed by atoms with Crippen LogP contribution in [0.2, 0.25) is 0 Å². The fourth-order valence-corrected chi connectivity index (χ4v) is 2.09. The fraction of sp³-hybridized carbons (Fsp3) is 0.0909. The SMILES string of the molecule is Cc1ccc(Br)c(Nc2nc(N)cc(Br)n2)c1. The van der Waals surface area contributed by atoms with Crippen molar-refractivity contribution in [3.63, 3.8) is 0 Å². The third-order valence-electron chi connectivity index (χ3n) is 2.08. The Morgan fingerprint density at radius 2 is 1.94 bits per heavy atom. The Hall–Kier alpha value is -1.14. The number of aryl methyl sites for hydroxylation is 1. The number of nitrogens with one attached hydrogen (secondary N) is 1. The summed E-state index contributed by atoms with van der Waals surface area (Å²) in [5, 5.41) is 3.12. The van der Waals surface area contributed by atoms with E-state index < -0.39 is 0 Å². The summed E-state index contributed by atoms with van der Waals surface area (Å²) in [6.07, 6.45) is 0. The maximum absolute atomic E-state index is 5.65. The molecule has 0 aliphatic heterocycles. The summed E-state index contributed by atoms with van der Waals surface area (Å²) in [6, 6.07) is 7.64. The largest absolute Gasteiger partial charge is 0.383 e. The number of benzene rings is 1. The molecule has 0 bridgehead atoms. The van der Waals surface area contributed by atoms with E-state index in [1.807, 2.05) is 25.1 Å². The zero-order valence-electron chi connectivity index (χ0n) is 9.04. The van der Waals surface area contributed by atoms with Gasteiger partial charge in [-0.1, -0.05) is 6.07 Å². The van der Waals surface area contributed by atoms with Crippen molar-refractivity contribution in [2.75, 3.05) is 11.1 Å². The lowest BCUT2D eigenvalue weighted by Gasteiger charge is -2.08. The molecule has 0 atom stereocenters. The van der Waals surface area contributed by atoms with Crippen LogP contribution >= 0.6 is 31.9 Å². The molecular weight excluding hydrogens is 348 g/mol. The van der Waals surface area contributed by atoms with Crippen molar-refractivity contribution in [3.05, 3.63) is 38.9 Å². The summed E-state index contributed by atoms with van der Waals surface area (Å²) in [4.78, 5) is 8.30. The second-order valence-electron chi connectivity index (χ2n) is 3.55. The highest BCUT2D eigenvalue weighted by Crippen LogP contribution is 2.26. The van der Waals surface area contributed by atoms with Crippen LogP contribution in [0.3, 0.4) is 0 Å². The first-order valence-corrected chi connectivity index (χ1v) is 6.46. The lowest BCUT2D eigenvalue weighted by atomic mass is 10.2. The number of aromatic nitrogens is 2. The summed E-state index contributed by atoms with van der Waals surface area (Å²) < 4.78 is 1.60. The predicted molar refractivity (Wildman–Crippen MR) is 76.3 cm³/mol. The molecule has 0 unspecified atom stereocenters. The normalized spacial score (nSPS) is 10.3. The zero-order chi connectivity index (χ0) is 12.4. The van der Waals surface area contributed by atoms with Crippen molar-refractivity contribution < 1.29 is 0 Å². The average Bonchev–Trinajstić information content (AvgIpc) is 2.22. The van der Waals surface area contributed by atoms with Gasteiger partial charge in [0.25, 0.3) is 0 Å². The standard InChI is InChI=1S/C11H10Br2N4/c1-6-2-3-7(12)8(4-6)15-11-16-9(13)5-10(14)17-11/h2-5H,1H3,(H3,14,15,16,17). The van der Waals surface area contributed by atoms with E-state index in [2.05, 4.69) is 47.1 Å². The summed E-state index contributed by atoms with van der Waals surface area (Å²) in [5.74, 6) is 0.876. The number of nitrogens with zero attached hydrogens (tertiary/aromatic N) is 2. The molecule has 0 amide bonds. The van der Waals surface area contributed by atoms with Gasteiger partial charge in [0.2, 0.25) is 5.95 Å². The van der Waals surface area contributed by atoms with Gasteiger partial charge in [0, 0.05) is 10.5 Å². The summed E-state index contributed by atoms with van der Waals surface area (Å²) in [6.45, 7) is 2.02. The van der Waals surface area contributed by atoms with Gasteiger partial charge in [-0.15, -0.1) is 0 Å². The van der Waals surface area contributed by atoms with Gasteiger partial charge in [0.15, 0.2) is 0 Å². The van der Waals surface area contributed by atoms with Crippen molar-refractivity contribution in [2.45, 2.75) is 6.92 Å². The molecule has 0 saturated carbocycles. The number of nitrogens with two attached hydrogens (primary N) is 1. The first kappa shape index (κ1) is 12.3. The lowest BCUT2D eigenvalue weighted by Crippen LogP contribution is -2.01. The monoisotopic (exact) mass is 356 g/mol. The minimum absolute atomic E-state index is 0.415. The van der Waals surface area contributed by atoms with Crippen molar-refractivity contribution >= 4 is 49.3 Å². The maximum atomic E-state index is 5.65. The lowest BCUT2D eigenvalue weighted by molar-refractivity contribution is 1.15. The number of nitrogen functional groups attached to an aromatic ring is 1. The molecule has 0 saturated heterocycles. The molecule has 1 heterocycles. The van der Waals surface area contributed by atoms with Crippen molar-refractivity contribution in [1.82, 2.24) is 9.97 Å². The van der Waals surface area contributed by atoms with E-state index in [4.69, 9.17) is 5.73 Å². The Kier molecular flexibility index (Phi) is 3.63. The molecule has 2 aromatic rings. The fourth-order valence-electron chi connectivity index (χ4n) is 1.35. The summed E-state index contributed by atoms with van der Waals surface area (Å²) in [5.41, 5.74) is 7.70. The Morgan fingerprint density at radius 3 is 2.65 bits per heavy atom. The topological polar surface area (TPSA) is 63.8 Å². The van der Waals surface area contributed by atoms with Crippen LogP contribution in [0.1, 0.15) is 5.56 Å². The molecule has 1 aromatic heterocycles. The Balaban J connectivity index is 2.34. The number of halogens is 2. The zero-order valence-corrected chi connectivity index (χ0v) is 12.2. The smallest absolute Gasteiger partial charge is 0.230 e. The molecule has 17 heavy (non-hydrogen) atoms. The molecule has 3 N–H and O–H groups in total. The van der Waals surface area contributed by atoms with E-state index in [1.54, 1.807) is 6.07 Å². The average molecular weight is 358 g/mol. The predicted octanol–water partition coefficient (Wildman–Crippen LogP) is 3.64. The number of hydrogen-bond donors (Lipinski definition) is 2. The second kappa shape index (κ2) is 5.01. The van der Waals surface area contributed by atoms with E-state index in [0.717, 1.165) is 15.7 Å². The molecule has 0 spiro atoms. The first-order valence-electron chi connectivity index (χ1n) is 4.88. The summed E-state index contributed by atoms with van der Waals surface area (Å²) in [7, 11) is 0. The van der Waals surface area contributed by atoms with Gasteiger partial charge in [0.05, 0.1) is 5.69 Å². The highest BCUT2D eigenvalue weighted by molar-refractivity contribution is 9.10. The minimum atomic E-state index is 0.415. The molecule has 4 nitrogen and oxygen atoms in total. The third-order valence-corrected chi connectivity index (χ3v) is 3.18. The third kappa shape index (κ3) is 3.17. The maximum Gasteiger partial charge on any atom is 0.230 e. The Morgan fingerprint density at radius 1 is 1.18 bits per heavy atom. The quantitative estimate of drug-likeness (QED) is 0.805. The van der Waals surface area contributed by atoms with Crippen molar-refractivity contribution in [1.29, 1.82) is 0 Å². The Bertz CT molecular complexity index is 537. The molecular formula is C11H10Br2N4. The highest BCUT2D eigenvalue weighted by Gasteiger charge is 2.04. The van der Waals surface area contributed by atoms with Gasteiger partial charge in [-0.25, -0.2) is 4.98 Å². The number of anilines is 3. The van der Waals surface area contributed by atoms with E-state index >= 15 is 0 Å². The molecule has 0 aliphatic carbocycles. The van der Waals surface area contributed by atoms with Gasteiger partial charge in [-0.05, 0) is 56.5 Å². The van der Waals surface area contributed by atoms with Crippen LogP contribution in [0, 0.1) is 6.92 Å². The van der Waals surface area contributed by atoms with Crippen molar-refractivity contribution in [3.8, 4) is 0 Å². The van der Waals surface area contributed by atoms with Gasteiger partial charge in [0.1, 0.15) is 10.4 Å². The van der Waals surface area contributed by atoms with Gasteiger partial charge in [-0.3, -0.25) is 0 Å². The second-order valence-corrected chi connectivity index (χ2v) is 5.21. The van der Waals surface area contributed by atoms with Crippen LogP contribution in [0.5, 0.6) is 0 Å². The van der Waals surface area contributed by atoms with E-state index in [1.165, 1.54) is 0 Å². The van der Waals surface area contributed by atoms with Gasteiger partial charge >= 0.3 is 0 Å². The van der Waals surface area contributed by atoms with E-state index in [0.29, 0.717) is 16.4 Å². The van der Waals surface area contributed by atoms with Crippen LogP contribution in [0.4, 0.5) is 17.5 Å². The first-order chi connectivity index (χ1) is 8.04. The van der Waals surface area contributed by atoms with E-state index in [9.17, 15) is 0 Å². The molecule has 0 aliphatic rings. The van der Waals surface area contributed by atoms with Crippen LogP contribution in [-0.2, 0) is 0 Å². The van der Waals surface area contributed by atoms with Crippen molar-refractivity contribution in [2.24, 2.45) is 0 Å². The van der Waals surface area contributed by atoms with Crippen LogP contribution in [0.25, 0.3) is 0 Å². The molecule has 0 radical (unpaired) electrons. The molecule has 88 valence electrons. The van der Waals surface area contributed by atoms with Crippen LogP contribution < -0.4 is 11.1 Å². The van der Waals surface area contributed by atoms with Crippen LogP contribution in [0.15, 0.2) is 33.3 Å². The van der Waals surface area contributed by atoms with E-state index in [-0.39, 0.29) is 0 Å². The Labute approximate surface area is 116 Å². The summed E-state index contributed by atoms with van der Waals surface area (Å²) >= 11 is 6.74. The van der Waals surface area contributed by atoms with Gasteiger partial charge < -0.3 is 11.1 Å². The number of rotatable bonds is 2.